The van der Waals surface area contributed by atoms with Gasteiger partial charge in [0.1, 0.15) is 11.9 Å². The van der Waals surface area contributed by atoms with Gasteiger partial charge in [-0.2, -0.15) is 0 Å². The van der Waals surface area contributed by atoms with Crippen molar-refractivity contribution in [2.45, 2.75) is 32.4 Å². The lowest BCUT2D eigenvalue weighted by Gasteiger charge is -2.25. The Hall–Kier alpha value is -3.18. The van der Waals surface area contributed by atoms with E-state index in [4.69, 9.17) is 9.73 Å². The monoisotopic (exact) mass is 400 g/mol. The molecule has 30 heavy (non-hydrogen) atoms. The molecule has 154 valence electrons. The first-order valence-electron chi connectivity index (χ1n) is 10.5. The Balaban J connectivity index is 1.61. The van der Waals surface area contributed by atoms with Crippen molar-refractivity contribution in [3.63, 3.8) is 0 Å². The number of methoxy groups -OCH3 is 1. The summed E-state index contributed by atoms with van der Waals surface area (Å²) < 4.78 is 5.45. The number of fused-ring (bicyclic) bond motifs is 1. The van der Waals surface area contributed by atoms with Gasteiger partial charge in [-0.1, -0.05) is 25.5 Å². The molecule has 0 amide bonds. The molecule has 1 aliphatic heterocycles. The first-order valence-corrected chi connectivity index (χ1v) is 10.5. The van der Waals surface area contributed by atoms with Crippen LogP contribution in [0.15, 0.2) is 72.0 Å². The fourth-order valence-corrected chi connectivity index (χ4v) is 3.68. The molecule has 1 aliphatic rings. The zero-order valence-corrected chi connectivity index (χ0v) is 17.6. The number of benzene rings is 2. The van der Waals surface area contributed by atoms with Gasteiger partial charge >= 0.3 is 0 Å². The SMILES string of the molecule is CCCCN[C@H]1Cc2cc(OC)ccc2C(c2ccc(Nc3cccnc3)cc2)=N1. The summed E-state index contributed by atoms with van der Waals surface area (Å²) in [5.74, 6) is 0.887. The summed E-state index contributed by atoms with van der Waals surface area (Å²) in [6.45, 7) is 3.18. The Kier molecular flexibility index (Phi) is 6.40. The third-order valence-corrected chi connectivity index (χ3v) is 5.28. The van der Waals surface area contributed by atoms with Crippen molar-refractivity contribution >= 4 is 17.1 Å². The summed E-state index contributed by atoms with van der Waals surface area (Å²) in [6.07, 6.45) is 6.87. The Labute approximate surface area is 178 Å². The predicted molar refractivity (Wildman–Crippen MR) is 123 cm³/mol. The minimum atomic E-state index is 0.0827. The van der Waals surface area contributed by atoms with Gasteiger partial charge in [0, 0.05) is 29.4 Å². The number of pyridine rings is 1. The highest BCUT2D eigenvalue weighted by atomic mass is 16.5. The number of unbranched alkanes of at least 4 members (excludes halogenated alkanes) is 1. The van der Waals surface area contributed by atoms with E-state index in [1.165, 1.54) is 17.5 Å². The average Bonchev–Trinajstić information content (AvgIpc) is 2.79. The lowest BCUT2D eigenvalue weighted by Crippen LogP contribution is -2.34. The molecule has 0 aliphatic carbocycles. The lowest BCUT2D eigenvalue weighted by atomic mass is 9.92. The normalized spacial score (nSPS) is 15.3. The van der Waals surface area contributed by atoms with Gasteiger partial charge < -0.3 is 10.1 Å². The van der Waals surface area contributed by atoms with Crippen molar-refractivity contribution in [1.82, 2.24) is 10.3 Å². The van der Waals surface area contributed by atoms with Crippen LogP contribution in [0.25, 0.3) is 0 Å². The molecule has 0 fully saturated rings. The third kappa shape index (κ3) is 4.69. The number of anilines is 2. The molecule has 5 heteroatoms. The molecule has 0 saturated carbocycles. The molecule has 2 heterocycles. The average molecular weight is 401 g/mol. The Bertz CT molecular complexity index is 999. The number of rotatable bonds is 8. The molecule has 0 radical (unpaired) electrons. The molecule has 0 bridgehead atoms. The number of hydrogen-bond donors (Lipinski definition) is 2. The molecule has 2 N–H and O–H groups in total. The quantitative estimate of drug-likeness (QED) is 0.526. The van der Waals surface area contributed by atoms with Crippen molar-refractivity contribution in [3.8, 4) is 5.75 Å². The molecule has 1 atom stereocenters. The Morgan fingerprint density at radius 1 is 1.07 bits per heavy atom. The summed E-state index contributed by atoms with van der Waals surface area (Å²) in [5, 5.41) is 6.98. The first-order chi connectivity index (χ1) is 14.8. The smallest absolute Gasteiger partial charge is 0.119 e. The van der Waals surface area contributed by atoms with E-state index in [0.29, 0.717) is 0 Å². The summed E-state index contributed by atoms with van der Waals surface area (Å²) in [6, 6.07) is 18.6. The van der Waals surface area contributed by atoms with Crippen LogP contribution in [0.1, 0.15) is 36.5 Å². The van der Waals surface area contributed by atoms with Gasteiger partial charge in [0.05, 0.1) is 24.7 Å². The number of hydrogen-bond acceptors (Lipinski definition) is 5. The highest BCUT2D eigenvalue weighted by Crippen LogP contribution is 2.27. The molecular weight excluding hydrogens is 372 g/mol. The van der Waals surface area contributed by atoms with E-state index in [1.54, 1.807) is 13.3 Å². The van der Waals surface area contributed by atoms with Gasteiger partial charge in [0.25, 0.3) is 0 Å². The number of nitrogens with zero attached hydrogens (tertiary/aromatic N) is 2. The van der Waals surface area contributed by atoms with Crippen LogP contribution in [0.2, 0.25) is 0 Å². The molecule has 0 spiro atoms. The number of nitrogens with one attached hydrogen (secondary N) is 2. The summed E-state index contributed by atoms with van der Waals surface area (Å²) in [5.41, 5.74) is 6.58. The van der Waals surface area contributed by atoms with Crippen LogP contribution in [-0.4, -0.2) is 30.5 Å². The summed E-state index contributed by atoms with van der Waals surface area (Å²) >= 11 is 0. The van der Waals surface area contributed by atoms with E-state index >= 15 is 0 Å². The van der Waals surface area contributed by atoms with E-state index in [-0.39, 0.29) is 6.17 Å². The molecule has 0 unspecified atom stereocenters. The van der Waals surface area contributed by atoms with E-state index in [9.17, 15) is 0 Å². The van der Waals surface area contributed by atoms with Gasteiger partial charge in [-0.15, -0.1) is 0 Å². The largest absolute Gasteiger partial charge is 0.497 e. The van der Waals surface area contributed by atoms with Crippen molar-refractivity contribution in [1.29, 1.82) is 0 Å². The van der Waals surface area contributed by atoms with Gasteiger partial charge in [-0.05, 0) is 61.0 Å². The van der Waals surface area contributed by atoms with Crippen LogP contribution in [0.5, 0.6) is 5.75 Å². The van der Waals surface area contributed by atoms with Gasteiger partial charge in [-0.25, -0.2) is 0 Å². The van der Waals surface area contributed by atoms with Crippen molar-refractivity contribution in [3.05, 3.63) is 83.7 Å². The Morgan fingerprint density at radius 2 is 1.93 bits per heavy atom. The van der Waals surface area contributed by atoms with Crippen LogP contribution < -0.4 is 15.4 Å². The summed E-state index contributed by atoms with van der Waals surface area (Å²) in [4.78, 5) is 9.22. The van der Waals surface area contributed by atoms with Crippen LogP contribution in [0, 0.1) is 0 Å². The van der Waals surface area contributed by atoms with E-state index in [2.05, 4.69) is 58.9 Å². The fourth-order valence-electron chi connectivity index (χ4n) is 3.68. The van der Waals surface area contributed by atoms with Crippen molar-refractivity contribution in [2.24, 2.45) is 4.99 Å². The minimum absolute atomic E-state index is 0.0827. The van der Waals surface area contributed by atoms with Crippen LogP contribution in [-0.2, 0) is 6.42 Å². The highest BCUT2D eigenvalue weighted by molar-refractivity contribution is 6.14. The molecule has 1 aromatic heterocycles. The van der Waals surface area contributed by atoms with Gasteiger partial charge in [-0.3, -0.25) is 15.3 Å². The maximum Gasteiger partial charge on any atom is 0.119 e. The van der Waals surface area contributed by atoms with Gasteiger partial charge in [0.2, 0.25) is 0 Å². The molecule has 0 saturated heterocycles. The topological polar surface area (TPSA) is 58.5 Å². The second-order valence-corrected chi connectivity index (χ2v) is 7.47. The maximum absolute atomic E-state index is 5.45. The zero-order valence-electron chi connectivity index (χ0n) is 17.6. The standard InChI is InChI=1S/C25H28N4O/c1-3-4-14-27-24-16-19-15-22(30-2)11-12-23(19)25(29-24)18-7-9-20(10-8-18)28-21-6-5-13-26-17-21/h5-13,15,17,24,27-28H,3-4,14,16H2,1-2H3/t24-/m1/s1. The number of aliphatic imine (C=N–C) groups is 1. The van der Waals surface area contributed by atoms with Gasteiger partial charge in [0.15, 0.2) is 0 Å². The molecule has 4 rings (SSSR count). The third-order valence-electron chi connectivity index (χ3n) is 5.28. The minimum Gasteiger partial charge on any atom is -0.497 e. The molecule has 3 aromatic rings. The van der Waals surface area contributed by atoms with Crippen LogP contribution in [0.3, 0.4) is 0 Å². The second kappa shape index (κ2) is 9.55. The Morgan fingerprint density at radius 3 is 2.67 bits per heavy atom. The second-order valence-electron chi connectivity index (χ2n) is 7.47. The zero-order chi connectivity index (χ0) is 20.8. The lowest BCUT2D eigenvalue weighted by molar-refractivity contribution is 0.413. The van der Waals surface area contributed by atoms with Crippen LogP contribution >= 0.6 is 0 Å². The van der Waals surface area contributed by atoms with E-state index in [1.807, 2.05) is 24.4 Å². The highest BCUT2D eigenvalue weighted by Gasteiger charge is 2.22. The predicted octanol–water partition coefficient (Wildman–Crippen LogP) is 4.94. The number of aromatic nitrogens is 1. The molecule has 2 aromatic carbocycles. The van der Waals surface area contributed by atoms with E-state index in [0.717, 1.165) is 47.8 Å². The molecular formula is C25H28N4O. The van der Waals surface area contributed by atoms with Crippen LogP contribution in [0.4, 0.5) is 11.4 Å². The first kappa shape index (κ1) is 20.1. The number of ether oxygens (including phenoxy) is 1. The van der Waals surface area contributed by atoms with E-state index < -0.39 is 0 Å². The maximum atomic E-state index is 5.45. The van der Waals surface area contributed by atoms with Crippen molar-refractivity contribution < 1.29 is 4.74 Å². The molecule has 5 nitrogen and oxygen atoms in total. The summed E-state index contributed by atoms with van der Waals surface area (Å²) in [7, 11) is 1.71. The van der Waals surface area contributed by atoms with Crippen molar-refractivity contribution in [2.75, 3.05) is 19.0 Å². The fraction of sp³-hybridized carbons (Fsp3) is 0.280.